The van der Waals surface area contributed by atoms with Crippen molar-refractivity contribution in [3.05, 3.63) is 35.6 Å². The molecule has 1 rings (SSSR count). The summed E-state index contributed by atoms with van der Waals surface area (Å²) >= 11 is 0. The number of halogens is 2. The van der Waals surface area contributed by atoms with E-state index in [2.05, 4.69) is 20.5 Å². The Kier molecular flexibility index (Phi) is 13.7. The van der Waals surface area contributed by atoms with E-state index in [1.54, 1.807) is 7.05 Å². The number of rotatable bonds is 10. The molecule has 144 valence electrons. The smallest absolute Gasteiger partial charge is 0.191 e. The first-order valence-corrected chi connectivity index (χ1v) is 8.52. The van der Waals surface area contributed by atoms with Gasteiger partial charge >= 0.3 is 0 Å². The third kappa shape index (κ3) is 9.96. The normalized spacial score (nSPS) is 12.6. The molecule has 25 heavy (non-hydrogen) atoms. The van der Waals surface area contributed by atoms with Crippen LogP contribution in [0.1, 0.15) is 31.4 Å². The molecule has 0 bridgehead atoms. The lowest BCUT2D eigenvalue weighted by Crippen LogP contribution is -2.42. The average molecular weight is 466 g/mol. The maximum atomic E-state index is 13.1. The largest absolute Gasteiger partial charge is 0.382 e. The molecule has 1 atom stereocenters. The zero-order valence-corrected chi connectivity index (χ0v) is 18.0. The Labute approximate surface area is 168 Å². The number of guanidine groups is 1. The number of unbranched alkanes of at least 4 members (excludes halogenated alkanes) is 1. The van der Waals surface area contributed by atoms with E-state index in [1.165, 1.54) is 12.1 Å². The van der Waals surface area contributed by atoms with Crippen molar-refractivity contribution in [1.82, 2.24) is 15.5 Å². The van der Waals surface area contributed by atoms with Crippen molar-refractivity contribution in [3.63, 3.8) is 0 Å². The number of ether oxygens (including phenoxy) is 1. The monoisotopic (exact) mass is 466 g/mol. The van der Waals surface area contributed by atoms with Crippen LogP contribution in [0.5, 0.6) is 0 Å². The van der Waals surface area contributed by atoms with Crippen LogP contribution in [0.2, 0.25) is 0 Å². The number of hydrogen-bond donors (Lipinski definition) is 2. The molecule has 7 heteroatoms. The molecule has 1 aromatic carbocycles. The summed E-state index contributed by atoms with van der Waals surface area (Å²) < 4.78 is 18.4. The van der Waals surface area contributed by atoms with Crippen LogP contribution >= 0.6 is 24.0 Å². The van der Waals surface area contributed by atoms with E-state index >= 15 is 0 Å². The minimum atomic E-state index is -0.214. The highest BCUT2D eigenvalue weighted by molar-refractivity contribution is 14.0. The van der Waals surface area contributed by atoms with E-state index in [1.807, 2.05) is 33.2 Å². The molecule has 0 radical (unpaired) electrons. The van der Waals surface area contributed by atoms with Crippen molar-refractivity contribution in [3.8, 4) is 0 Å². The lowest BCUT2D eigenvalue weighted by atomic mass is 10.1. The summed E-state index contributed by atoms with van der Waals surface area (Å²) in [5.74, 6) is 0.564. The summed E-state index contributed by atoms with van der Waals surface area (Å²) in [4.78, 5) is 6.35. The van der Waals surface area contributed by atoms with Crippen LogP contribution in [0.4, 0.5) is 4.39 Å². The molecule has 0 fully saturated rings. The van der Waals surface area contributed by atoms with Crippen LogP contribution in [0, 0.1) is 5.82 Å². The molecule has 0 aliphatic carbocycles. The quantitative estimate of drug-likeness (QED) is 0.241. The maximum absolute atomic E-state index is 13.1. The Morgan fingerprint density at radius 1 is 1.20 bits per heavy atom. The second-order valence-corrected chi connectivity index (χ2v) is 5.81. The number of nitrogens with one attached hydrogen (secondary N) is 2. The predicted octanol–water partition coefficient (Wildman–Crippen LogP) is 3.03. The van der Waals surface area contributed by atoms with E-state index < -0.39 is 0 Å². The van der Waals surface area contributed by atoms with Crippen molar-refractivity contribution >= 4 is 29.9 Å². The molecule has 1 aromatic rings. The first kappa shape index (κ1) is 24.1. The number of benzene rings is 1. The average Bonchev–Trinajstić information content (AvgIpc) is 2.57. The first-order valence-electron chi connectivity index (χ1n) is 8.52. The Morgan fingerprint density at radius 2 is 1.88 bits per heavy atom. The van der Waals surface area contributed by atoms with Crippen LogP contribution in [-0.4, -0.2) is 58.3 Å². The Hall–Kier alpha value is -0.930. The maximum Gasteiger partial charge on any atom is 0.191 e. The zero-order chi connectivity index (χ0) is 17.8. The van der Waals surface area contributed by atoms with Crippen molar-refractivity contribution in [1.29, 1.82) is 0 Å². The molecule has 5 nitrogen and oxygen atoms in total. The van der Waals surface area contributed by atoms with Gasteiger partial charge in [0.05, 0.1) is 6.04 Å². The highest BCUT2D eigenvalue weighted by Crippen LogP contribution is 2.17. The molecule has 0 aromatic heterocycles. The first-order chi connectivity index (χ1) is 11.6. The van der Waals surface area contributed by atoms with E-state index in [-0.39, 0.29) is 35.8 Å². The molecule has 0 spiro atoms. The van der Waals surface area contributed by atoms with Gasteiger partial charge in [-0.1, -0.05) is 12.1 Å². The minimum absolute atomic E-state index is 0. The van der Waals surface area contributed by atoms with Gasteiger partial charge in [0.1, 0.15) is 5.82 Å². The molecule has 0 heterocycles. The van der Waals surface area contributed by atoms with E-state index in [0.29, 0.717) is 6.54 Å². The molecule has 0 saturated carbocycles. The van der Waals surface area contributed by atoms with E-state index in [0.717, 1.165) is 44.1 Å². The zero-order valence-electron chi connectivity index (χ0n) is 15.7. The summed E-state index contributed by atoms with van der Waals surface area (Å²) in [6.45, 7) is 5.13. The minimum Gasteiger partial charge on any atom is -0.382 e. The fourth-order valence-corrected chi connectivity index (χ4v) is 2.38. The molecule has 0 aliphatic heterocycles. The number of likely N-dealkylation sites (N-methyl/N-ethyl adjacent to an activating group) is 1. The molecule has 0 aliphatic rings. The van der Waals surface area contributed by atoms with E-state index in [4.69, 9.17) is 4.74 Å². The van der Waals surface area contributed by atoms with Gasteiger partial charge in [-0.05, 0) is 51.6 Å². The van der Waals surface area contributed by atoms with Crippen LogP contribution in [0.15, 0.2) is 29.3 Å². The van der Waals surface area contributed by atoms with Gasteiger partial charge in [0.25, 0.3) is 0 Å². The number of hydrogen-bond acceptors (Lipinski definition) is 3. The van der Waals surface area contributed by atoms with Gasteiger partial charge in [-0.15, -0.1) is 24.0 Å². The summed E-state index contributed by atoms with van der Waals surface area (Å²) in [5.41, 5.74) is 1.07. The second-order valence-electron chi connectivity index (χ2n) is 5.81. The summed E-state index contributed by atoms with van der Waals surface area (Å²) in [7, 11) is 5.79. The van der Waals surface area contributed by atoms with Gasteiger partial charge in [-0.2, -0.15) is 0 Å². The molecule has 1 unspecified atom stereocenters. The van der Waals surface area contributed by atoms with Gasteiger partial charge < -0.3 is 20.3 Å². The van der Waals surface area contributed by atoms with Crippen LogP contribution in [-0.2, 0) is 4.74 Å². The molecule has 0 amide bonds. The van der Waals surface area contributed by atoms with E-state index in [9.17, 15) is 4.39 Å². The Morgan fingerprint density at radius 3 is 2.44 bits per heavy atom. The van der Waals surface area contributed by atoms with Gasteiger partial charge in [0.2, 0.25) is 0 Å². The number of nitrogens with zero attached hydrogens (tertiary/aromatic N) is 2. The second kappa shape index (κ2) is 14.3. The SMILES string of the molecule is CCOCCCCNC(=NC)NCC(c1ccc(F)cc1)N(C)C.I. The lowest BCUT2D eigenvalue weighted by molar-refractivity contribution is 0.143. The van der Waals surface area contributed by atoms with Crippen molar-refractivity contribution in [2.24, 2.45) is 4.99 Å². The molecular weight excluding hydrogens is 434 g/mol. The fraction of sp³-hybridized carbons (Fsp3) is 0.611. The van der Waals surface area contributed by atoms with Gasteiger partial charge in [0, 0.05) is 33.4 Å². The highest BCUT2D eigenvalue weighted by Gasteiger charge is 2.14. The van der Waals surface area contributed by atoms with Gasteiger partial charge in [-0.25, -0.2) is 4.39 Å². The van der Waals surface area contributed by atoms with Gasteiger partial charge in [0.15, 0.2) is 5.96 Å². The highest BCUT2D eigenvalue weighted by atomic mass is 127. The van der Waals surface area contributed by atoms with Crippen molar-refractivity contribution in [2.45, 2.75) is 25.8 Å². The molecule has 2 N–H and O–H groups in total. The van der Waals surface area contributed by atoms with Crippen LogP contribution in [0.3, 0.4) is 0 Å². The number of aliphatic imine (C=N–C) groups is 1. The lowest BCUT2D eigenvalue weighted by Gasteiger charge is -2.26. The third-order valence-corrected chi connectivity index (χ3v) is 3.78. The third-order valence-electron chi connectivity index (χ3n) is 3.78. The predicted molar refractivity (Wildman–Crippen MR) is 113 cm³/mol. The van der Waals surface area contributed by atoms with Crippen LogP contribution < -0.4 is 10.6 Å². The summed E-state index contributed by atoms with van der Waals surface area (Å²) in [6, 6.07) is 6.79. The van der Waals surface area contributed by atoms with Gasteiger partial charge in [-0.3, -0.25) is 4.99 Å². The molecular formula is C18H32FIN4O. The van der Waals surface area contributed by atoms with Crippen molar-refractivity contribution in [2.75, 3.05) is 47.4 Å². The van der Waals surface area contributed by atoms with Crippen LogP contribution in [0.25, 0.3) is 0 Å². The summed E-state index contributed by atoms with van der Waals surface area (Å²) in [5, 5.41) is 6.64. The molecule has 0 saturated heterocycles. The van der Waals surface area contributed by atoms with Crippen molar-refractivity contribution < 1.29 is 9.13 Å². The standard InChI is InChI=1S/C18H31FN4O.HI/c1-5-24-13-7-6-12-21-18(20-2)22-14-17(23(3)4)15-8-10-16(19)11-9-15;/h8-11,17H,5-7,12-14H2,1-4H3,(H2,20,21,22);1H. The fourth-order valence-electron chi connectivity index (χ4n) is 2.38. The Bertz CT molecular complexity index is 482. The Balaban J connectivity index is 0.00000576. The summed E-state index contributed by atoms with van der Waals surface area (Å²) in [6.07, 6.45) is 2.07. The topological polar surface area (TPSA) is 48.9 Å².